The van der Waals surface area contributed by atoms with Crippen molar-refractivity contribution in [3.8, 4) is 12.3 Å². The number of likely N-dealkylation sites (tertiary alicyclic amines) is 1. The number of rotatable bonds is 5. The maximum Gasteiger partial charge on any atom is 0.237 e. The fourth-order valence-electron chi connectivity index (χ4n) is 2.95. The summed E-state index contributed by atoms with van der Waals surface area (Å²) < 4.78 is 1.85. The molecule has 1 saturated heterocycles. The molecule has 0 bridgehead atoms. The van der Waals surface area contributed by atoms with Crippen LogP contribution in [-0.2, 0) is 11.8 Å². The number of amides is 1. The Balaban J connectivity index is 1.86. The van der Waals surface area contributed by atoms with E-state index >= 15 is 0 Å². The monoisotopic (exact) mass is 304 g/mol. The molecule has 1 aromatic rings. The number of aromatic nitrogens is 2. The molecular weight excluding hydrogens is 280 g/mol. The minimum atomic E-state index is -0.548. The lowest BCUT2D eigenvalue weighted by Gasteiger charge is -2.36. The van der Waals surface area contributed by atoms with Gasteiger partial charge < -0.3 is 15.0 Å². The molecule has 6 nitrogen and oxygen atoms in total. The van der Waals surface area contributed by atoms with Gasteiger partial charge in [0.25, 0.3) is 0 Å². The zero-order valence-electron chi connectivity index (χ0n) is 13.2. The molecule has 6 heteroatoms. The van der Waals surface area contributed by atoms with E-state index in [0.29, 0.717) is 5.82 Å². The summed E-state index contributed by atoms with van der Waals surface area (Å²) in [5.74, 6) is 3.25. The Kier molecular flexibility index (Phi) is 5.58. The number of aliphatic hydroxyl groups excluding tert-OH is 1. The Morgan fingerprint density at radius 2 is 2.27 bits per heavy atom. The first kappa shape index (κ1) is 16.5. The molecule has 0 saturated carbocycles. The summed E-state index contributed by atoms with van der Waals surface area (Å²) >= 11 is 0. The zero-order chi connectivity index (χ0) is 16.1. The average molecular weight is 304 g/mol. The Morgan fingerprint density at radius 3 is 2.82 bits per heavy atom. The fourth-order valence-corrected chi connectivity index (χ4v) is 2.95. The molecule has 2 rings (SSSR count). The van der Waals surface area contributed by atoms with Gasteiger partial charge in [-0.3, -0.25) is 9.69 Å². The second kappa shape index (κ2) is 7.43. The number of aryl methyl sites for hydroxylation is 1. The van der Waals surface area contributed by atoms with Crippen molar-refractivity contribution < 1.29 is 9.90 Å². The quantitative estimate of drug-likeness (QED) is 0.768. The first-order valence-corrected chi connectivity index (χ1v) is 7.65. The van der Waals surface area contributed by atoms with Crippen LogP contribution in [0.3, 0.4) is 0 Å². The van der Waals surface area contributed by atoms with Crippen molar-refractivity contribution in [1.82, 2.24) is 19.8 Å². The molecule has 0 unspecified atom stereocenters. The highest BCUT2D eigenvalue weighted by Crippen LogP contribution is 2.30. The predicted octanol–water partition coefficient (Wildman–Crippen LogP) is 0.303. The van der Waals surface area contributed by atoms with Crippen LogP contribution in [-0.4, -0.2) is 51.1 Å². The lowest BCUT2D eigenvalue weighted by molar-refractivity contribution is -0.126. The first-order valence-electron chi connectivity index (χ1n) is 7.65. The molecular formula is C16H24N4O2. The number of hydrogen-bond acceptors (Lipinski definition) is 4. The van der Waals surface area contributed by atoms with Crippen LogP contribution in [0.25, 0.3) is 0 Å². The summed E-state index contributed by atoms with van der Waals surface area (Å²) in [6.45, 7) is 3.73. The number of nitrogens with one attached hydrogen (secondary N) is 1. The molecule has 0 aliphatic carbocycles. The molecule has 0 spiro atoms. The van der Waals surface area contributed by atoms with Gasteiger partial charge in [0.15, 0.2) is 0 Å². The molecule has 0 radical (unpaired) electrons. The number of terminal acetylenes is 1. The number of piperidine rings is 1. The minimum absolute atomic E-state index is 0.0407. The Hall–Kier alpha value is -1.84. The van der Waals surface area contributed by atoms with Gasteiger partial charge >= 0.3 is 0 Å². The summed E-state index contributed by atoms with van der Waals surface area (Å²) in [6, 6.07) is -0.195. The van der Waals surface area contributed by atoms with Crippen LogP contribution >= 0.6 is 0 Å². The number of aliphatic hydroxyl groups is 1. The minimum Gasteiger partial charge on any atom is -0.385 e. The second-order valence-electron chi connectivity index (χ2n) is 5.81. The number of carbonyl (C=O) groups is 1. The van der Waals surface area contributed by atoms with Crippen molar-refractivity contribution in [1.29, 1.82) is 0 Å². The van der Waals surface area contributed by atoms with Crippen molar-refractivity contribution in [2.24, 2.45) is 13.0 Å². The van der Waals surface area contributed by atoms with Gasteiger partial charge in [0.05, 0.1) is 12.6 Å². The van der Waals surface area contributed by atoms with Gasteiger partial charge in [0.2, 0.25) is 5.91 Å². The van der Waals surface area contributed by atoms with E-state index in [2.05, 4.69) is 21.1 Å². The summed E-state index contributed by atoms with van der Waals surface area (Å²) in [6.07, 6.45) is 9.84. The maximum atomic E-state index is 11.9. The smallest absolute Gasteiger partial charge is 0.237 e. The van der Waals surface area contributed by atoms with Crippen LogP contribution in [0, 0.1) is 18.3 Å². The molecule has 1 fully saturated rings. The molecule has 120 valence electrons. The number of nitrogens with zero attached hydrogens (tertiary/aromatic N) is 3. The zero-order valence-corrected chi connectivity index (χ0v) is 13.2. The van der Waals surface area contributed by atoms with Crippen LogP contribution in [0.4, 0.5) is 0 Å². The van der Waals surface area contributed by atoms with Crippen LogP contribution < -0.4 is 5.32 Å². The highest BCUT2D eigenvalue weighted by Gasteiger charge is 2.31. The van der Waals surface area contributed by atoms with Crippen molar-refractivity contribution in [3.05, 3.63) is 18.2 Å². The van der Waals surface area contributed by atoms with E-state index in [1.807, 2.05) is 24.7 Å². The molecule has 1 aliphatic heterocycles. The van der Waals surface area contributed by atoms with E-state index in [1.165, 1.54) is 0 Å². The third kappa shape index (κ3) is 3.67. The van der Waals surface area contributed by atoms with Crippen LogP contribution in [0.2, 0.25) is 0 Å². The summed E-state index contributed by atoms with van der Waals surface area (Å²) in [5, 5.41) is 13.2. The first-order chi connectivity index (χ1) is 10.5. The van der Waals surface area contributed by atoms with E-state index in [9.17, 15) is 9.90 Å². The van der Waals surface area contributed by atoms with E-state index in [0.717, 1.165) is 25.9 Å². The predicted molar refractivity (Wildman–Crippen MR) is 83.8 cm³/mol. The van der Waals surface area contributed by atoms with Gasteiger partial charge in [-0.1, -0.05) is 5.92 Å². The normalized spacial score (nSPS) is 19.4. The summed E-state index contributed by atoms with van der Waals surface area (Å²) in [7, 11) is 1.89. The Labute approximate surface area is 131 Å². The van der Waals surface area contributed by atoms with Gasteiger partial charge in [-0.25, -0.2) is 4.98 Å². The maximum absolute atomic E-state index is 11.9. The molecule has 2 N–H and O–H groups in total. The number of imidazole rings is 1. The number of hydrogen-bond donors (Lipinski definition) is 2. The van der Waals surface area contributed by atoms with Crippen LogP contribution in [0.1, 0.15) is 31.7 Å². The van der Waals surface area contributed by atoms with E-state index in [-0.39, 0.29) is 24.4 Å². The van der Waals surface area contributed by atoms with Gasteiger partial charge in [-0.2, -0.15) is 0 Å². The van der Waals surface area contributed by atoms with Crippen molar-refractivity contribution in [3.63, 3.8) is 0 Å². The number of carbonyl (C=O) groups excluding carboxylic acids is 1. The van der Waals surface area contributed by atoms with Crippen molar-refractivity contribution in [2.75, 3.05) is 19.6 Å². The van der Waals surface area contributed by atoms with Crippen molar-refractivity contribution in [2.45, 2.75) is 31.9 Å². The molecule has 22 heavy (non-hydrogen) atoms. The van der Waals surface area contributed by atoms with Gasteiger partial charge in [-0.15, -0.1) is 6.42 Å². The van der Waals surface area contributed by atoms with Gasteiger partial charge in [0.1, 0.15) is 11.9 Å². The second-order valence-corrected chi connectivity index (χ2v) is 5.81. The molecule has 2 atom stereocenters. The highest BCUT2D eigenvalue weighted by molar-refractivity contribution is 5.81. The largest absolute Gasteiger partial charge is 0.385 e. The molecule has 1 aliphatic rings. The molecule has 1 aromatic heterocycles. The summed E-state index contributed by atoms with van der Waals surface area (Å²) in [4.78, 5) is 18.3. The Bertz CT molecular complexity index is 541. The summed E-state index contributed by atoms with van der Waals surface area (Å²) in [5.41, 5.74) is 0. The van der Waals surface area contributed by atoms with Gasteiger partial charge in [-0.05, 0) is 38.8 Å². The lowest BCUT2D eigenvalue weighted by atomic mass is 9.90. The Morgan fingerprint density at radius 1 is 1.59 bits per heavy atom. The van der Waals surface area contributed by atoms with E-state index in [1.54, 1.807) is 6.20 Å². The fraction of sp³-hybridized carbons (Fsp3) is 0.625. The van der Waals surface area contributed by atoms with Crippen molar-refractivity contribution >= 4 is 5.91 Å². The molecule has 2 heterocycles. The molecule has 0 aromatic carbocycles. The lowest BCUT2D eigenvalue weighted by Crippen LogP contribution is -2.48. The van der Waals surface area contributed by atoms with Gasteiger partial charge in [0, 0.05) is 19.4 Å². The standard InChI is InChI=1S/C16H24N4O2/c1-4-7-18-16(22)12(2)20-9-5-13(6-10-20)14(21)15-17-8-11-19(15)3/h1,8,11-14,21H,5-7,9-10H2,2-3H3,(H,18,22)/t12-,14-/m1/s1. The van der Waals surface area contributed by atoms with Crippen LogP contribution in [0.5, 0.6) is 0 Å². The molecule has 1 amide bonds. The topological polar surface area (TPSA) is 70.4 Å². The third-order valence-electron chi connectivity index (χ3n) is 4.44. The van der Waals surface area contributed by atoms with E-state index in [4.69, 9.17) is 6.42 Å². The van der Waals surface area contributed by atoms with Crippen LogP contribution in [0.15, 0.2) is 12.4 Å². The third-order valence-corrected chi connectivity index (χ3v) is 4.44. The highest BCUT2D eigenvalue weighted by atomic mass is 16.3. The average Bonchev–Trinajstić information content (AvgIpc) is 2.97. The van der Waals surface area contributed by atoms with E-state index < -0.39 is 6.10 Å². The SMILES string of the molecule is C#CCNC(=O)[C@@H](C)N1CCC([C@@H](O)c2nccn2C)CC1.